The molecule has 0 saturated heterocycles. The first-order valence-corrected chi connectivity index (χ1v) is 10.8. The van der Waals surface area contributed by atoms with Crippen LogP contribution in [-0.2, 0) is 6.42 Å². The fraction of sp³-hybridized carbons (Fsp3) is 0.185. The summed E-state index contributed by atoms with van der Waals surface area (Å²) in [5.41, 5.74) is 1.76. The largest absolute Gasteiger partial charge is 0.497 e. The van der Waals surface area contributed by atoms with E-state index in [9.17, 15) is 14.0 Å². The molecule has 1 aromatic heterocycles. The maximum Gasteiger partial charge on any atom is 0.290 e. The van der Waals surface area contributed by atoms with Gasteiger partial charge in [-0.15, -0.1) is 0 Å². The van der Waals surface area contributed by atoms with Crippen LogP contribution in [0, 0.1) is 5.82 Å². The maximum absolute atomic E-state index is 13.9. The first kappa shape index (κ1) is 21.7. The Morgan fingerprint density at radius 3 is 2.21 bits per heavy atom. The average Bonchev–Trinajstić information content (AvgIpc) is 3.15. The van der Waals surface area contributed by atoms with E-state index in [1.54, 1.807) is 31.3 Å². The van der Waals surface area contributed by atoms with Crippen LogP contribution in [0.2, 0.25) is 0 Å². The van der Waals surface area contributed by atoms with Crippen LogP contribution in [0.1, 0.15) is 33.3 Å². The van der Waals surface area contributed by atoms with Gasteiger partial charge in [-0.05, 0) is 60.0 Å². The van der Waals surface area contributed by atoms with Gasteiger partial charge in [-0.1, -0.05) is 24.3 Å². The van der Waals surface area contributed by atoms with Crippen molar-refractivity contribution in [2.24, 2.45) is 0 Å². The Bertz CT molecular complexity index is 1430. The molecule has 0 spiro atoms. The summed E-state index contributed by atoms with van der Waals surface area (Å²) in [6.45, 7) is 0.357. The zero-order chi connectivity index (χ0) is 23.8. The average molecular weight is 459 g/mol. The molecule has 0 fully saturated rings. The minimum atomic E-state index is -0.657. The van der Waals surface area contributed by atoms with Crippen LogP contribution < -0.4 is 14.9 Å². The SMILES string of the molecule is COc1ccc(CCN2C(=O)c3oc4ccc(F)cc4c(=O)c3[C@H]2c2ccc(OC)cc2)cc1. The number of methoxy groups -OCH3 is 2. The zero-order valence-electron chi connectivity index (χ0n) is 18.7. The van der Waals surface area contributed by atoms with Crippen LogP contribution in [0.5, 0.6) is 11.5 Å². The molecule has 172 valence electrons. The highest BCUT2D eigenvalue weighted by atomic mass is 19.1. The molecule has 3 aromatic carbocycles. The van der Waals surface area contributed by atoms with Gasteiger partial charge >= 0.3 is 0 Å². The molecule has 0 N–H and O–H groups in total. The van der Waals surface area contributed by atoms with Crippen LogP contribution in [0.3, 0.4) is 0 Å². The number of hydrogen-bond donors (Lipinski definition) is 0. The number of benzene rings is 3. The summed E-state index contributed by atoms with van der Waals surface area (Å²) in [6, 6.07) is 17.9. The predicted molar refractivity (Wildman–Crippen MR) is 125 cm³/mol. The number of amides is 1. The summed E-state index contributed by atoms with van der Waals surface area (Å²) < 4.78 is 30.2. The number of rotatable bonds is 6. The Morgan fingerprint density at radius 1 is 0.912 bits per heavy atom. The van der Waals surface area contributed by atoms with Crippen molar-refractivity contribution in [3.63, 3.8) is 0 Å². The van der Waals surface area contributed by atoms with E-state index in [2.05, 4.69) is 0 Å². The van der Waals surface area contributed by atoms with Crippen molar-refractivity contribution in [3.05, 3.63) is 105 Å². The molecule has 1 aliphatic rings. The summed E-state index contributed by atoms with van der Waals surface area (Å²) in [5.74, 6) is 0.498. The first-order chi connectivity index (χ1) is 16.5. The van der Waals surface area contributed by atoms with Crippen molar-refractivity contribution in [2.45, 2.75) is 12.5 Å². The van der Waals surface area contributed by atoms with E-state index in [1.165, 1.54) is 12.1 Å². The number of halogens is 1. The van der Waals surface area contributed by atoms with Gasteiger partial charge in [-0.25, -0.2) is 4.39 Å². The normalized spacial score (nSPS) is 15.0. The molecule has 1 atom stereocenters. The molecule has 0 unspecified atom stereocenters. The Labute approximate surface area is 195 Å². The third-order valence-electron chi connectivity index (χ3n) is 6.16. The lowest BCUT2D eigenvalue weighted by Gasteiger charge is -2.25. The molecule has 2 heterocycles. The van der Waals surface area contributed by atoms with E-state index >= 15 is 0 Å². The summed E-state index contributed by atoms with van der Waals surface area (Å²) >= 11 is 0. The molecular formula is C27H22FNO5. The highest BCUT2D eigenvalue weighted by Gasteiger charge is 2.42. The van der Waals surface area contributed by atoms with Crippen molar-refractivity contribution in [1.82, 2.24) is 4.90 Å². The zero-order valence-corrected chi connectivity index (χ0v) is 18.7. The van der Waals surface area contributed by atoms with Crippen molar-refractivity contribution in [3.8, 4) is 11.5 Å². The molecular weight excluding hydrogens is 437 g/mol. The van der Waals surface area contributed by atoms with Crippen molar-refractivity contribution in [1.29, 1.82) is 0 Å². The Morgan fingerprint density at radius 2 is 1.56 bits per heavy atom. The number of carbonyl (C=O) groups excluding carboxylic acids is 1. The molecule has 1 aliphatic heterocycles. The second-order valence-corrected chi connectivity index (χ2v) is 8.09. The smallest absolute Gasteiger partial charge is 0.290 e. The van der Waals surface area contributed by atoms with Gasteiger partial charge in [0.05, 0.1) is 31.2 Å². The lowest BCUT2D eigenvalue weighted by atomic mass is 9.98. The molecule has 0 saturated carbocycles. The fourth-order valence-electron chi connectivity index (χ4n) is 4.40. The molecule has 7 heteroatoms. The molecule has 1 amide bonds. The quantitative estimate of drug-likeness (QED) is 0.417. The molecule has 0 radical (unpaired) electrons. The van der Waals surface area contributed by atoms with Crippen LogP contribution in [0.4, 0.5) is 4.39 Å². The van der Waals surface area contributed by atoms with E-state index in [4.69, 9.17) is 13.9 Å². The highest BCUT2D eigenvalue weighted by molar-refractivity contribution is 5.99. The summed E-state index contributed by atoms with van der Waals surface area (Å²) in [6.07, 6.45) is 0.568. The van der Waals surface area contributed by atoms with E-state index in [-0.39, 0.29) is 28.2 Å². The van der Waals surface area contributed by atoms with Crippen LogP contribution in [0.25, 0.3) is 11.0 Å². The maximum atomic E-state index is 13.9. The van der Waals surface area contributed by atoms with Gasteiger partial charge in [0.15, 0.2) is 5.43 Å². The van der Waals surface area contributed by atoms with Crippen molar-refractivity contribution in [2.75, 3.05) is 20.8 Å². The number of carbonyl (C=O) groups is 1. The minimum absolute atomic E-state index is 0.000317. The van der Waals surface area contributed by atoms with E-state index in [0.717, 1.165) is 22.9 Å². The van der Waals surface area contributed by atoms with Crippen LogP contribution in [0.15, 0.2) is 75.9 Å². The first-order valence-electron chi connectivity index (χ1n) is 10.8. The Kier molecular flexibility index (Phi) is 5.53. The second-order valence-electron chi connectivity index (χ2n) is 8.09. The van der Waals surface area contributed by atoms with Crippen molar-refractivity contribution < 1.29 is 23.1 Å². The molecule has 4 aromatic rings. The summed E-state index contributed by atoms with van der Waals surface area (Å²) in [4.78, 5) is 28.6. The lowest BCUT2D eigenvalue weighted by Crippen LogP contribution is -2.31. The van der Waals surface area contributed by atoms with Crippen LogP contribution in [-0.4, -0.2) is 31.6 Å². The minimum Gasteiger partial charge on any atom is -0.497 e. The topological polar surface area (TPSA) is 69.0 Å². The van der Waals surface area contributed by atoms with Crippen molar-refractivity contribution >= 4 is 16.9 Å². The van der Waals surface area contributed by atoms with Gasteiger partial charge in [0, 0.05) is 6.54 Å². The fourth-order valence-corrected chi connectivity index (χ4v) is 4.40. The van der Waals surface area contributed by atoms with Gasteiger partial charge < -0.3 is 18.8 Å². The van der Waals surface area contributed by atoms with Gasteiger partial charge in [0.1, 0.15) is 22.9 Å². The number of hydrogen-bond acceptors (Lipinski definition) is 5. The summed E-state index contributed by atoms with van der Waals surface area (Å²) in [7, 11) is 3.17. The van der Waals surface area contributed by atoms with Gasteiger partial charge in [0.25, 0.3) is 5.91 Å². The number of ether oxygens (including phenoxy) is 2. The Hall–Kier alpha value is -4.13. The van der Waals surface area contributed by atoms with Gasteiger partial charge in [0.2, 0.25) is 5.76 Å². The highest BCUT2D eigenvalue weighted by Crippen LogP contribution is 2.38. The molecule has 5 rings (SSSR count). The third-order valence-corrected chi connectivity index (χ3v) is 6.16. The third kappa shape index (κ3) is 3.69. The van der Waals surface area contributed by atoms with E-state index in [1.807, 2.05) is 36.4 Å². The lowest BCUT2D eigenvalue weighted by molar-refractivity contribution is 0.0730. The van der Waals surface area contributed by atoms with Gasteiger partial charge in [-0.2, -0.15) is 0 Å². The van der Waals surface area contributed by atoms with Gasteiger partial charge in [-0.3, -0.25) is 9.59 Å². The molecule has 0 bridgehead atoms. The number of nitrogens with zero attached hydrogens (tertiary/aromatic N) is 1. The summed E-state index contributed by atoms with van der Waals surface area (Å²) in [5, 5.41) is 0.113. The van der Waals surface area contributed by atoms with Crippen LogP contribution >= 0.6 is 0 Å². The molecule has 0 aliphatic carbocycles. The predicted octanol–water partition coefficient (Wildman–Crippen LogP) is 4.74. The second kappa shape index (κ2) is 8.67. The number of fused-ring (bicyclic) bond motifs is 2. The monoisotopic (exact) mass is 459 g/mol. The van der Waals surface area contributed by atoms with E-state index in [0.29, 0.717) is 18.7 Å². The molecule has 34 heavy (non-hydrogen) atoms. The van der Waals surface area contributed by atoms with E-state index < -0.39 is 17.3 Å². The molecule has 6 nitrogen and oxygen atoms in total. The Balaban J connectivity index is 1.59. The standard InChI is InChI=1S/C27H22FNO5/c1-32-19-8-3-16(4-9-19)13-14-29-24(17-5-10-20(33-2)11-6-17)23-25(30)21-15-18(28)7-12-22(21)34-26(23)27(29)31/h3-12,15,24H,13-14H2,1-2H3/t24-/m1/s1.